The van der Waals surface area contributed by atoms with Gasteiger partial charge in [0.25, 0.3) is 0 Å². The molecule has 0 aliphatic carbocycles. The molecule has 3 heterocycles. The Morgan fingerprint density at radius 3 is 2.92 bits per heavy atom. The second kappa shape index (κ2) is 6.93. The molecule has 0 radical (unpaired) electrons. The maximum Gasteiger partial charge on any atom is 0.232 e. The van der Waals surface area contributed by atoms with Gasteiger partial charge < -0.3 is 9.47 Å². The molecule has 0 saturated carbocycles. The van der Waals surface area contributed by atoms with Crippen LogP contribution < -0.4 is 4.74 Å². The first kappa shape index (κ1) is 17.6. The molecule has 0 amide bonds. The van der Waals surface area contributed by atoms with Crippen molar-refractivity contribution in [2.75, 3.05) is 37.7 Å². The van der Waals surface area contributed by atoms with Crippen molar-refractivity contribution in [3.8, 4) is 5.88 Å². The lowest BCUT2D eigenvalue weighted by atomic mass is 9.85. The van der Waals surface area contributed by atoms with Crippen molar-refractivity contribution in [1.29, 1.82) is 0 Å². The average Bonchev–Trinajstić information content (AvgIpc) is 2.51. The number of nitrogens with zero attached hydrogens (tertiary/aromatic N) is 3. The molecule has 2 fully saturated rings. The Bertz CT molecular complexity index is 674. The molecule has 3 rings (SSSR count). The molecule has 2 saturated heterocycles. The van der Waals surface area contributed by atoms with Crippen LogP contribution in [0.15, 0.2) is 12.4 Å². The minimum atomic E-state index is -2.91. The highest BCUT2D eigenvalue weighted by Crippen LogP contribution is 2.35. The third kappa shape index (κ3) is 4.23. The summed E-state index contributed by atoms with van der Waals surface area (Å²) in [7, 11) is -2.91. The van der Waals surface area contributed by atoms with E-state index in [1.165, 1.54) is 0 Å². The summed E-state index contributed by atoms with van der Waals surface area (Å²) < 4.78 is 35.1. The molecule has 2 aliphatic rings. The summed E-state index contributed by atoms with van der Waals surface area (Å²) in [6.07, 6.45) is 5.04. The molecule has 2 aliphatic heterocycles. The van der Waals surface area contributed by atoms with E-state index in [4.69, 9.17) is 9.47 Å². The standard InChI is InChI=1S/C16H25N3O4S/c1-3-24(20,21)7-5-19-11-16(12-19)8-14(4-6-22-16)23-15-10-17-9-13(2)18-15/h9-10,14H,3-8,11-12H2,1-2H3/t14-/m0/s1. The Labute approximate surface area is 143 Å². The molecular formula is C16H25N3O4S. The van der Waals surface area contributed by atoms with Gasteiger partial charge in [-0.3, -0.25) is 9.88 Å². The number of sulfone groups is 1. The van der Waals surface area contributed by atoms with E-state index in [1.54, 1.807) is 19.3 Å². The van der Waals surface area contributed by atoms with Gasteiger partial charge in [-0.25, -0.2) is 13.4 Å². The summed E-state index contributed by atoms with van der Waals surface area (Å²) in [5.74, 6) is 0.983. The van der Waals surface area contributed by atoms with Crippen molar-refractivity contribution in [1.82, 2.24) is 14.9 Å². The van der Waals surface area contributed by atoms with Gasteiger partial charge in [-0.05, 0) is 6.92 Å². The zero-order valence-corrected chi connectivity index (χ0v) is 15.1. The average molecular weight is 355 g/mol. The van der Waals surface area contributed by atoms with Crippen LogP contribution in [0.25, 0.3) is 0 Å². The van der Waals surface area contributed by atoms with Crippen LogP contribution in [0.5, 0.6) is 5.88 Å². The van der Waals surface area contributed by atoms with Gasteiger partial charge in [0.15, 0.2) is 9.84 Å². The molecule has 0 aromatic carbocycles. The fraction of sp³-hybridized carbons (Fsp3) is 0.750. The van der Waals surface area contributed by atoms with Crippen molar-refractivity contribution in [3.05, 3.63) is 18.1 Å². The summed E-state index contributed by atoms with van der Waals surface area (Å²) in [5.41, 5.74) is 0.636. The molecule has 0 N–H and O–H groups in total. The Kier molecular flexibility index (Phi) is 5.08. The number of likely N-dealkylation sites (tertiary alicyclic amines) is 1. The lowest BCUT2D eigenvalue weighted by Gasteiger charge is -2.53. The normalized spacial score (nSPS) is 23.8. The van der Waals surface area contributed by atoms with Gasteiger partial charge in [0.2, 0.25) is 5.88 Å². The van der Waals surface area contributed by atoms with Crippen LogP contribution in [-0.4, -0.2) is 72.7 Å². The first-order chi connectivity index (χ1) is 11.4. The molecule has 1 aromatic rings. The molecule has 24 heavy (non-hydrogen) atoms. The smallest absolute Gasteiger partial charge is 0.232 e. The monoisotopic (exact) mass is 355 g/mol. The van der Waals surface area contributed by atoms with Crippen LogP contribution in [0.4, 0.5) is 0 Å². The number of rotatable bonds is 6. The van der Waals surface area contributed by atoms with Gasteiger partial charge in [0, 0.05) is 44.4 Å². The van der Waals surface area contributed by atoms with Gasteiger partial charge in [0.05, 0.1) is 29.9 Å². The van der Waals surface area contributed by atoms with Crippen LogP contribution in [0.3, 0.4) is 0 Å². The van der Waals surface area contributed by atoms with Gasteiger partial charge in [-0.2, -0.15) is 0 Å². The van der Waals surface area contributed by atoms with Crippen LogP contribution in [0, 0.1) is 6.92 Å². The highest BCUT2D eigenvalue weighted by atomic mass is 32.2. The number of aromatic nitrogens is 2. The summed E-state index contributed by atoms with van der Waals surface area (Å²) in [6, 6.07) is 0. The fourth-order valence-corrected chi connectivity index (χ4v) is 4.14. The van der Waals surface area contributed by atoms with Crippen molar-refractivity contribution < 1.29 is 17.9 Å². The molecule has 0 unspecified atom stereocenters. The second-order valence-electron chi connectivity index (χ2n) is 6.71. The summed E-state index contributed by atoms with van der Waals surface area (Å²) >= 11 is 0. The van der Waals surface area contributed by atoms with Crippen molar-refractivity contribution in [3.63, 3.8) is 0 Å². The van der Waals surface area contributed by atoms with E-state index in [2.05, 4.69) is 14.9 Å². The van der Waals surface area contributed by atoms with Crippen LogP contribution in [0.2, 0.25) is 0 Å². The lowest BCUT2D eigenvalue weighted by molar-refractivity contribution is -0.184. The zero-order valence-electron chi connectivity index (χ0n) is 14.3. The van der Waals surface area contributed by atoms with E-state index in [0.717, 1.165) is 31.6 Å². The SMILES string of the molecule is CCS(=O)(=O)CCN1CC2(C[C@@H](Oc3cncc(C)n3)CCO2)C1. The lowest BCUT2D eigenvalue weighted by Crippen LogP contribution is -2.66. The Hall–Kier alpha value is -1.25. The Balaban J connectivity index is 1.50. The summed E-state index contributed by atoms with van der Waals surface area (Å²) in [6.45, 7) is 6.35. The molecule has 7 nitrogen and oxygen atoms in total. The predicted molar refractivity (Wildman–Crippen MR) is 89.9 cm³/mol. The maximum atomic E-state index is 11.6. The Morgan fingerprint density at radius 1 is 1.42 bits per heavy atom. The summed E-state index contributed by atoms with van der Waals surface area (Å²) in [4.78, 5) is 10.6. The molecule has 8 heteroatoms. The highest BCUT2D eigenvalue weighted by Gasteiger charge is 2.48. The number of hydrogen-bond donors (Lipinski definition) is 0. The molecule has 1 atom stereocenters. The molecule has 1 spiro atoms. The molecule has 134 valence electrons. The van der Waals surface area contributed by atoms with Crippen molar-refractivity contribution in [2.45, 2.75) is 38.4 Å². The minimum absolute atomic E-state index is 0.0661. The van der Waals surface area contributed by atoms with Crippen molar-refractivity contribution >= 4 is 9.84 Å². The molecular weight excluding hydrogens is 330 g/mol. The maximum absolute atomic E-state index is 11.6. The van der Waals surface area contributed by atoms with E-state index in [1.807, 2.05) is 6.92 Å². The number of ether oxygens (including phenoxy) is 2. The highest BCUT2D eigenvalue weighted by molar-refractivity contribution is 7.91. The quantitative estimate of drug-likeness (QED) is 0.747. The van der Waals surface area contributed by atoms with Crippen LogP contribution in [-0.2, 0) is 14.6 Å². The van der Waals surface area contributed by atoms with Gasteiger partial charge >= 0.3 is 0 Å². The van der Waals surface area contributed by atoms with E-state index >= 15 is 0 Å². The second-order valence-corrected chi connectivity index (χ2v) is 9.18. The largest absolute Gasteiger partial charge is 0.473 e. The fourth-order valence-electron chi connectivity index (χ4n) is 3.31. The van der Waals surface area contributed by atoms with Gasteiger partial charge in [-0.15, -0.1) is 0 Å². The van der Waals surface area contributed by atoms with Crippen LogP contribution >= 0.6 is 0 Å². The summed E-state index contributed by atoms with van der Waals surface area (Å²) in [5, 5.41) is 0. The number of hydrogen-bond acceptors (Lipinski definition) is 7. The molecule has 1 aromatic heterocycles. The van der Waals surface area contributed by atoms with Gasteiger partial charge in [0.1, 0.15) is 6.10 Å². The van der Waals surface area contributed by atoms with E-state index < -0.39 is 9.84 Å². The zero-order chi connectivity index (χ0) is 17.2. The topological polar surface area (TPSA) is 81.6 Å². The Morgan fingerprint density at radius 2 is 2.21 bits per heavy atom. The van der Waals surface area contributed by atoms with Gasteiger partial charge in [-0.1, -0.05) is 6.92 Å². The predicted octanol–water partition coefficient (Wildman–Crippen LogP) is 0.832. The first-order valence-corrected chi connectivity index (χ1v) is 10.2. The minimum Gasteiger partial charge on any atom is -0.473 e. The third-order valence-electron chi connectivity index (χ3n) is 4.65. The van der Waals surface area contributed by atoms with Crippen molar-refractivity contribution in [2.24, 2.45) is 0 Å². The van der Waals surface area contributed by atoms with Crippen LogP contribution in [0.1, 0.15) is 25.5 Å². The molecule has 0 bridgehead atoms. The third-order valence-corrected chi connectivity index (χ3v) is 6.33. The van der Waals surface area contributed by atoms with E-state index in [0.29, 0.717) is 19.0 Å². The first-order valence-electron chi connectivity index (χ1n) is 8.42. The van der Waals surface area contributed by atoms with E-state index in [-0.39, 0.29) is 23.2 Å². The number of aryl methyl sites for hydroxylation is 1. The van der Waals surface area contributed by atoms with E-state index in [9.17, 15) is 8.42 Å².